The lowest BCUT2D eigenvalue weighted by atomic mass is 9.65. The van der Waals surface area contributed by atoms with Crippen LogP contribution in [0.15, 0.2) is 18.2 Å². The van der Waals surface area contributed by atoms with E-state index in [0.717, 1.165) is 49.8 Å². The number of nitrogens with two attached hydrogens (primary N) is 1. The van der Waals surface area contributed by atoms with Crippen LogP contribution in [0.3, 0.4) is 0 Å². The summed E-state index contributed by atoms with van der Waals surface area (Å²) in [5.74, 6) is 1.13. The highest BCUT2D eigenvalue weighted by atomic mass is 16.2. The molecule has 1 aromatic carbocycles. The van der Waals surface area contributed by atoms with Gasteiger partial charge in [0.05, 0.1) is 0 Å². The maximum atomic E-state index is 12.9. The van der Waals surface area contributed by atoms with Gasteiger partial charge in [0.1, 0.15) is 0 Å². The van der Waals surface area contributed by atoms with Crippen LogP contribution in [-0.2, 0) is 4.79 Å². The summed E-state index contributed by atoms with van der Waals surface area (Å²) in [6.07, 6.45) is 9.93. The quantitative estimate of drug-likeness (QED) is 0.740. The third-order valence-electron chi connectivity index (χ3n) is 7.22. The molecule has 2 bridgehead atoms. The minimum absolute atomic E-state index is 0.0121. The van der Waals surface area contributed by atoms with Gasteiger partial charge in [0, 0.05) is 29.3 Å². The zero-order chi connectivity index (χ0) is 19.7. The highest BCUT2D eigenvalue weighted by Crippen LogP contribution is 2.42. The first-order chi connectivity index (χ1) is 13.5. The van der Waals surface area contributed by atoms with Gasteiger partial charge in [-0.1, -0.05) is 19.3 Å². The predicted molar refractivity (Wildman–Crippen MR) is 111 cm³/mol. The molecule has 4 N–H and O–H groups in total. The molecule has 3 saturated carbocycles. The van der Waals surface area contributed by atoms with Crippen molar-refractivity contribution in [1.82, 2.24) is 5.32 Å². The van der Waals surface area contributed by atoms with Crippen molar-refractivity contribution in [2.75, 3.05) is 5.32 Å². The summed E-state index contributed by atoms with van der Waals surface area (Å²) in [5, 5.41) is 6.23. The molecule has 3 fully saturated rings. The average Bonchev–Trinajstić information content (AvgIpc) is 3.16. The fourth-order valence-corrected chi connectivity index (χ4v) is 5.52. The number of amides is 2. The van der Waals surface area contributed by atoms with Crippen LogP contribution in [0.1, 0.15) is 73.7 Å². The Bertz CT molecular complexity index is 727. The Morgan fingerprint density at radius 1 is 1.00 bits per heavy atom. The summed E-state index contributed by atoms with van der Waals surface area (Å²) in [5.41, 5.74) is 8.76. The number of benzene rings is 1. The molecule has 2 atom stereocenters. The summed E-state index contributed by atoms with van der Waals surface area (Å²) in [6.45, 7) is 1.95. The molecule has 2 unspecified atom stereocenters. The largest absolute Gasteiger partial charge is 0.349 e. The number of fused-ring (bicyclic) bond motifs is 2. The summed E-state index contributed by atoms with van der Waals surface area (Å²) in [7, 11) is 0. The van der Waals surface area contributed by atoms with Crippen molar-refractivity contribution in [2.45, 2.75) is 76.8 Å². The molecular formula is C23H33N3O2. The molecule has 0 spiro atoms. The van der Waals surface area contributed by atoms with Crippen molar-refractivity contribution in [2.24, 2.45) is 23.5 Å². The molecule has 152 valence electrons. The molecule has 1 aromatic rings. The highest BCUT2D eigenvalue weighted by Gasteiger charge is 2.40. The fourth-order valence-electron chi connectivity index (χ4n) is 5.52. The van der Waals surface area contributed by atoms with Crippen molar-refractivity contribution in [3.63, 3.8) is 0 Å². The van der Waals surface area contributed by atoms with E-state index in [0.29, 0.717) is 23.4 Å². The van der Waals surface area contributed by atoms with Gasteiger partial charge in [-0.2, -0.15) is 0 Å². The van der Waals surface area contributed by atoms with E-state index in [1.165, 1.54) is 19.3 Å². The highest BCUT2D eigenvalue weighted by molar-refractivity contribution is 5.97. The maximum Gasteiger partial charge on any atom is 0.251 e. The van der Waals surface area contributed by atoms with Crippen LogP contribution in [0.2, 0.25) is 0 Å². The number of hydrogen-bond acceptors (Lipinski definition) is 3. The Balaban J connectivity index is 1.38. The molecule has 0 aromatic heterocycles. The monoisotopic (exact) mass is 383 g/mol. The van der Waals surface area contributed by atoms with Crippen LogP contribution in [0.4, 0.5) is 5.69 Å². The van der Waals surface area contributed by atoms with Gasteiger partial charge >= 0.3 is 0 Å². The first kappa shape index (κ1) is 19.4. The lowest BCUT2D eigenvalue weighted by Crippen LogP contribution is -2.48. The van der Waals surface area contributed by atoms with E-state index >= 15 is 0 Å². The van der Waals surface area contributed by atoms with E-state index in [2.05, 4.69) is 10.6 Å². The second-order valence-electron chi connectivity index (χ2n) is 9.17. The number of rotatable bonds is 4. The van der Waals surface area contributed by atoms with Gasteiger partial charge in [-0.15, -0.1) is 0 Å². The fraction of sp³-hybridized carbons (Fsp3) is 0.652. The lowest BCUT2D eigenvalue weighted by molar-refractivity contribution is -0.122. The summed E-state index contributed by atoms with van der Waals surface area (Å²) >= 11 is 0. The van der Waals surface area contributed by atoms with Gasteiger partial charge in [0.2, 0.25) is 5.91 Å². The summed E-state index contributed by atoms with van der Waals surface area (Å²) < 4.78 is 0. The zero-order valence-corrected chi connectivity index (χ0v) is 16.9. The first-order valence-electron chi connectivity index (χ1n) is 11.0. The van der Waals surface area contributed by atoms with Gasteiger partial charge in [-0.25, -0.2) is 0 Å². The number of aryl methyl sites for hydroxylation is 1. The first-order valence-corrected chi connectivity index (χ1v) is 11.0. The lowest BCUT2D eigenvalue weighted by Gasteiger charge is -2.43. The SMILES string of the molecule is Cc1cc(C(=O)NC2CCCC2)ccc1NC(=O)C1CC2CCCC(C1)C2N. The average molecular weight is 384 g/mol. The van der Waals surface area contributed by atoms with E-state index in [-0.39, 0.29) is 23.8 Å². The van der Waals surface area contributed by atoms with Gasteiger partial charge in [-0.05, 0) is 81.0 Å². The maximum absolute atomic E-state index is 12.9. The van der Waals surface area contributed by atoms with Crippen LogP contribution in [0.25, 0.3) is 0 Å². The molecule has 0 heterocycles. The van der Waals surface area contributed by atoms with Crippen LogP contribution in [-0.4, -0.2) is 23.9 Å². The van der Waals surface area contributed by atoms with Crippen LogP contribution in [0.5, 0.6) is 0 Å². The summed E-state index contributed by atoms with van der Waals surface area (Å²) in [6, 6.07) is 6.15. The van der Waals surface area contributed by atoms with Crippen molar-refractivity contribution in [1.29, 1.82) is 0 Å². The molecule has 0 aliphatic heterocycles. The van der Waals surface area contributed by atoms with Crippen LogP contribution in [0, 0.1) is 24.7 Å². The standard InChI is InChI=1S/C23H33N3O2/c1-14-11-17(22(27)25-19-7-2-3-8-19)9-10-20(14)26-23(28)18-12-15-5-4-6-16(13-18)21(15)24/h9-11,15-16,18-19,21H,2-8,12-13,24H2,1H3,(H,25,27)(H,26,28). The van der Waals surface area contributed by atoms with Crippen molar-refractivity contribution < 1.29 is 9.59 Å². The smallest absolute Gasteiger partial charge is 0.251 e. The number of carbonyl (C=O) groups is 2. The molecule has 3 aliphatic carbocycles. The van der Waals surface area contributed by atoms with Gasteiger partial charge in [0.15, 0.2) is 0 Å². The summed E-state index contributed by atoms with van der Waals surface area (Å²) in [4.78, 5) is 25.3. The molecule has 0 radical (unpaired) electrons. The third kappa shape index (κ3) is 4.09. The van der Waals surface area contributed by atoms with Crippen LogP contribution >= 0.6 is 0 Å². The number of anilines is 1. The topological polar surface area (TPSA) is 84.2 Å². The zero-order valence-electron chi connectivity index (χ0n) is 16.9. The minimum Gasteiger partial charge on any atom is -0.349 e. The van der Waals surface area contributed by atoms with Crippen molar-refractivity contribution >= 4 is 17.5 Å². The molecule has 5 nitrogen and oxygen atoms in total. The normalized spacial score (nSPS) is 30.1. The second kappa shape index (κ2) is 8.24. The van der Waals surface area contributed by atoms with Crippen molar-refractivity contribution in [3.05, 3.63) is 29.3 Å². The predicted octanol–water partition coefficient (Wildman–Crippen LogP) is 3.76. The van der Waals surface area contributed by atoms with E-state index in [1.807, 2.05) is 25.1 Å². The Labute approximate surface area is 167 Å². The van der Waals surface area contributed by atoms with E-state index < -0.39 is 0 Å². The van der Waals surface area contributed by atoms with Gasteiger partial charge < -0.3 is 16.4 Å². The minimum atomic E-state index is -0.0121. The third-order valence-corrected chi connectivity index (χ3v) is 7.22. The second-order valence-corrected chi connectivity index (χ2v) is 9.17. The molecular weight excluding hydrogens is 350 g/mol. The van der Waals surface area contributed by atoms with E-state index in [1.54, 1.807) is 0 Å². The van der Waals surface area contributed by atoms with Crippen molar-refractivity contribution in [3.8, 4) is 0 Å². The Kier molecular flexibility index (Phi) is 5.72. The number of nitrogens with one attached hydrogen (secondary N) is 2. The molecule has 3 aliphatic rings. The molecule has 0 saturated heterocycles. The number of hydrogen-bond donors (Lipinski definition) is 3. The Morgan fingerprint density at radius 2 is 1.68 bits per heavy atom. The van der Waals surface area contributed by atoms with E-state index in [4.69, 9.17) is 5.73 Å². The van der Waals surface area contributed by atoms with Gasteiger partial charge in [-0.3, -0.25) is 9.59 Å². The molecule has 4 rings (SSSR count). The van der Waals surface area contributed by atoms with Gasteiger partial charge in [0.25, 0.3) is 5.91 Å². The van der Waals surface area contributed by atoms with Crippen LogP contribution < -0.4 is 16.4 Å². The Morgan fingerprint density at radius 3 is 2.32 bits per heavy atom. The molecule has 5 heteroatoms. The number of carbonyl (C=O) groups excluding carboxylic acids is 2. The Hall–Kier alpha value is -1.88. The molecule has 2 amide bonds. The molecule has 28 heavy (non-hydrogen) atoms. The van der Waals surface area contributed by atoms with E-state index in [9.17, 15) is 9.59 Å².